The monoisotopic (exact) mass is 417 g/mol. The van der Waals surface area contributed by atoms with E-state index in [0.29, 0.717) is 11.6 Å². The largest absolute Gasteiger partial charge is 0.418 e. The fourth-order valence-electron chi connectivity index (χ4n) is 3.22. The summed E-state index contributed by atoms with van der Waals surface area (Å²) in [7, 11) is 1.65. The highest BCUT2D eigenvalue weighted by atomic mass is 19.4. The van der Waals surface area contributed by atoms with Crippen LogP contribution in [0, 0.1) is 0 Å². The first-order valence-electron chi connectivity index (χ1n) is 8.63. The Labute approximate surface area is 166 Å². The van der Waals surface area contributed by atoms with Crippen LogP contribution in [-0.2, 0) is 13.2 Å². The number of aromatic nitrogens is 5. The van der Waals surface area contributed by atoms with Crippen LogP contribution < -0.4 is 5.69 Å². The van der Waals surface area contributed by atoms with Crippen LogP contribution in [0.1, 0.15) is 33.4 Å². The molecule has 1 atom stereocenters. The SMILES string of the molecule is Cn1cnnc1[C@H](O)c1cccc(-n2cc3c(C(F)(F)F)cc(C=O)cn3c2=O)c1. The topological polar surface area (TPSA) is 94.4 Å². The first-order chi connectivity index (χ1) is 14.2. The Morgan fingerprint density at radius 2 is 1.97 bits per heavy atom. The predicted octanol–water partition coefficient (Wildman–Crippen LogP) is 2.13. The summed E-state index contributed by atoms with van der Waals surface area (Å²) in [4.78, 5) is 23.8. The summed E-state index contributed by atoms with van der Waals surface area (Å²) in [5, 5.41) is 18.1. The smallest absolute Gasteiger partial charge is 0.380 e. The highest BCUT2D eigenvalue weighted by Crippen LogP contribution is 2.33. The predicted molar refractivity (Wildman–Crippen MR) is 98.4 cm³/mol. The van der Waals surface area contributed by atoms with E-state index in [0.717, 1.165) is 21.4 Å². The number of nitrogens with zero attached hydrogens (tertiary/aromatic N) is 5. The second-order valence-corrected chi connectivity index (χ2v) is 6.64. The number of pyridine rings is 1. The van der Waals surface area contributed by atoms with Crippen molar-refractivity contribution in [2.75, 3.05) is 0 Å². The molecule has 11 heteroatoms. The minimum atomic E-state index is -4.76. The van der Waals surface area contributed by atoms with E-state index in [9.17, 15) is 27.9 Å². The van der Waals surface area contributed by atoms with Gasteiger partial charge in [-0.1, -0.05) is 12.1 Å². The van der Waals surface area contributed by atoms with Crippen LogP contribution in [0.25, 0.3) is 11.2 Å². The van der Waals surface area contributed by atoms with Crippen molar-refractivity contribution >= 4 is 11.8 Å². The number of rotatable bonds is 4. The summed E-state index contributed by atoms with van der Waals surface area (Å²) in [6.45, 7) is 0. The second kappa shape index (κ2) is 6.95. The summed E-state index contributed by atoms with van der Waals surface area (Å²) in [5.74, 6) is 0.261. The van der Waals surface area contributed by atoms with Gasteiger partial charge in [0.15, 0.2) is 12.1 Å². The number of alkyl halides is 3. The Kier molecular flexibility index (Phi) is 4.54. The number of hydrogen-bond acceptors (Lipinski definition) is 5. The molecule has 0 radical (unpaired) electrons. The zero-order valence-corrected chi connectivity index (χ0v) is 15.4. The maximum atomic E-state index is 13.5. The van der Waals surface area contributed by atoms with Gasteiger partial charge in [0.1, 0.15) is 12.4 Å². The van der Waals surface area contributed by atoms with E-state index in [2.05, 4.69) is 10.2 Å². The van der Waals surface area contributed by atoms with Crippen LogP contribution in [0.4, 0.5) is 13.2 Å². The van der Waals surface area contributed by atoms with Gasteiger partial charge in [-0.2, -0.15) is 13.2 Å². The second-order valence-electron chi connectivity index (χ2n) is 6.64. The number of fused-ring (bicyclic) bond motifs is 1. The average Bonchev–Trinajstić information content (AvgIpc) is 3.29. The highest BCUT2D eigenvalue weighted by Gasteiger charge is 2.34. The number of hydrogen-bond donors (Lipinski definition) is 1. The van der Waals surface area contributed by atoms with Gasteiger partial charge in [0.2, 0.25) is 0 Å². The van der Waals surface area contributed by atoms with Crippen LogP contribution in [-0.4, -0.2) is 35.1 Å². The molecule has 0 unspecified atom stereocenters. The Hall–Kier alpha value is -3.73. The third-order valence-corrected chi connectivity index (χ3v) is 4.68. The van der Waals surface area contributed by atoms with Crippen LogP contribution in [0.3, 0.4) is 0 Å². The van der Waals surface area contributed by atoms with Crippen LogP contribution >= 0.6 is 0 Å². The van der Waals surface area contributed by atoms with Crippen molar-refractivity contribution in [1.29, 1.82) is 0 Å². The number of carbonyl (C=O) groups is 1. The van der Waals surface area contributed by atoms with E-state index >= 15 is 0 Å². The lowest BCUT2D eigenvalue weighted by Gasteiger charge is -2.11. The van der Waals surface area contributed by atoms with Crippen LogP contribution in [0.15, 0.2) is 53.8 Å². The molecule has 1 aromatic carbocycles. The van der Waals surface area contributed by atoms with Gasteiger partial charge in [-0.25, -0.2) is 4.79 Å². The molecule has 0 saturated heterocycles. The van der Waals surface area contributed by atoms with Crippen molar-refractivity contribution in [1.82, 2.24) is 23.7 Å². The van der Waals surface area contributed by atoms with Gasteiger partial charge >= 0.3 is 11.9 Å². The first-order valence-corrected chi connectivity index (χ1v) is 8.63. The number of aryl methyl sites for hydroxylation is 1. The van der Waals surface area contributed by atoms with E-state index < -0.39 is 29.1 Å². The fourth-order valence-corrected chi connectivity index (χ4v) is 3.22. The lowest BCUT2D eigenvalue weighted by molar-refractivity contribution is -0.136. The van der Waals surface area contributed by atoms with Gasteiger partial charge < -0.3 is 9.67 Å². The van der Waals surface area contributed by atoms with Crippen molar-refractivity contribution in [3.8, 4) is 5.69 Å². The molecule has 4 aromatic rings. The van der Waals surface area contributed by atoms with E-state index in [4.69, 9.17) is 0 Å². The quantitative estimate of drug-likeness (QED) is 0.514. The number of aliphatic hydroxyl groups excluding tert-OH is 1. The van der Waals surface area contributed by atoms with Gasteiger partial charge in [0.05, 0.1) is 16.8 Å². The number of aliphatic hydroxyl groups is 1. The van der Waals surface area contributed by atoms with Crippen LogP contribution in [0.2, 0.25) is 0 Å². The molecule has 154 valence electrons. The molecule has 0 bridgehead atoms. The molecule has 4 rings (SSSR count). The van der Waals surface area contributed by atoms with Crippen molar-refractivity contribution in [3.05, 3.63) is 82.1 Å². The molecule has 0 fully saturated rings. The summed E-state index contributed by atoms with van der Waals surface area (Å²) in [6, 6.07) is 6.83. The van der Waals surface area contributed by atoms with E-state index in [1.807, 2.05) is 0 Å². The molecule has 3 aromatic heterocycles. The normalized spacial score (nSPS) is 13.0. The minimum absolute atomic E-state index is 0.239. The molecule has 3 heterocycles. The lowest BCUT2D eigenvalue weighted by Crippen LogP contribution is -2.19. The fraction of sp³-hybridized carbons (Fsp3) is 0.158. The van der Waals surface area contributed by atoms with Gasteiger partial charge in [-0.05, 0) is 23.8 Å². The van der Waals surface area contributed by atoms with Crippen molar-refractivity contribution in [2.24, 2.45) is 7.05 Å². The maximum Gasteiger partial charge on any atom is 0.418 e. The molecular formula is C19H14F3N5O3. The maximum absolute atomic E-state index is 13.5. The Morgan fingerprint density at radius 3 is 2.60 bits per heavy atom. The molecule has 8 nitrogen and oxygen atoms in total. The number of halogens is 3. The zero-order chi connectivity index (χ0) is 21.6. The average molecular weight is 417 g/mol. The molecule has 0 amide bonds. The number of benzene rings is 1. The number of aldehydes is 1. The third-order valence-electron chi connectivity index (χ3n) is 4.68. The minimum Gasteiger partial charge on any atom is -0.380 e. The van der Waals surface area contributed by atoms with E-state index in [-0.39, 0.29) is 23.4 Å². The molecule has 1 N–H and O–H groups in total. The zero-order valence-electron chi connectivity index (χ0n) is 15.4. The molecule has 0 aliphatic carbocycles. The summed E-state index contributed by atoms with van der Waals surface area (Å²) in [6.07, 6.45) is -2.15. The number of imidazole rings is 1. The summed E-state index contributed by atoms with van der Waals surface area (Å²) < 4.78 is 43.7. The summed E-state index contributed by atoms with van der Waals surface area (Å²) >= 11 is 0. The van der Waals surface area contributed by atoms with Crippen LogP contribution in [0.5, 0.6) is 0 Å². The van der Waals surface area contributed by atoms with Gasteiger partial charge in [-0.3, -0.25) is 13.8 Å². The lowest BCUT2D eigenvalue weighted by atomic mass is 10.1. The molecule has 0 aliphatic rings. The van der Waals surface area contributed by atoms with Crippen molar-refractivity contribution < 1.29 is 23.1 Å². The van der Waals surface area contributed by atoms with Gasteiger partial charge in [-0.15, -0.1) is 10.2 Å². The third kappa shape index (κ3) is 3.18. The summed E-state index contributed by atoms with van der Waals surface area (Å²) in [5.41, 5.74) is -1.94. The first kappa shape index (κ1) is 19.6. The van der Waals surface area contributed by atoms with E-state index in [1.165, 1.54) is 23.0 Å². The molecule has 0 saturated carbocycles. The Morgan fingerprint density at radius 1 is 1.20 bits per heavy atom. The highest BCUT2D eigenvalue weighted by molar-refractivity contribution is 5.76. The Bertz CT molecular complexity index is 1320. The van der Waals surface area contributed by atoms with Crippen molar-refractivity contribution in [3.63, 3.8) is 0 Å². The molecule has 0 aliphatic heterocycles. The van der Waals surface area contributed by atoms with Gasteiger partial charge in [0.25, 0.3) is 0 Å². The molecular weight excluding hydrogens is 403 g/mol. The van der Waals surface area contributed by atoms with Crippen molar-refractivity contribution in [2.45, 2.75) is 12.3 Å². The molecule has 0 spiro atoms. The molecule has 30 heavy (non-hydrogen) atoms. The number of carbonyl (C=O) groups excluding carboxylic acids is 1. The van der Waals surface area contributed by atoms with Gasteiger partial charge in [0, 0.05) is 25.0 Å². The van der Waals surface area contributed by atoms with E-state index in [1.54, 1.807) is 19.2 Å². The standard InChI is InChI=1S/C19H14F3N5O3/c1-25-10-23-24-17(25)16(29)12-3-2-4-13(6-12)26-8-15-14(19(20,21)22)5-11(9-28)7-27(15)18(26)30/h2-10,16,29H,1H3/t16-/m1/s1. The Balaban J connectivity index is 1.89.